The second-order valence-electron chi connectivity index (χ2n) is 5.47. The first-order valence-corrected chi connectivity index (χ1v) is 5.83. The molecule has 1 heterocycles. The van der Waals surface area contributed by atoms with Crippen molar-refractivity contribution in [1.82, 2.24) is 4.90 Å². The number of hydrogen-bond acceptors (Lipinski definition) is 3. The highest BCUT2D eigenvalue weighted by atomic mass is 15.2. The standard InChI is InChI=1S/C12H23N3/c1-4-11(2)5-7-15(8-6-11)10-12(3,14)9-13/h4-8,10,14H2,1-3H3. The van der Waals surface area contributed by atoms with Crippen molar-refractivity contribution in [2.75, 3.05) is 19.6 Å². The molecule has 0 spiro atoms. The fraction of sp³-hybridized carbons (Fsp3) is 0.917. The summed E-state index contributed by atoms with van der Waals surface area (Å²) in [6.07, 6.45) is 3.70. The van der Waals surface area contributed by atoms with Crippen molar-refractivity contribution >= 4 is 0 Å². The number of nitriles is 1. The number of piperidine rings is 1. The zero-order valence-electron chi connectivity index (χ0n) is 10.2. The maximum Gasteiger partial charge on any atom is 0.114 e. The molecule has 3 nitrogen and oxygen atoms in total. The van der Waals surface area contributed by atoms with E-state index in [1.165, 1.54) is 19.3 Å². The van der Waals surface area contributed by atoms with Crippen molar-refractivity contribution in [3.8, 4) is 6.07 Å². The molecule has 86 valence electrons. The van der Waals surface area contributed by atoms with E-state index in [0.717, 1.165) is 13.1 Å². The number of hydrogen-bond donors (Lipinski definition) is 1. The molecule has 0 aromatic rings. The zero-order chi connectivity index (χ0) is 11.5. The molecule has 2 N–H and O–H groups in total. The molecule has 0 radical (unpaired) electrons. The average Bonchev–Trinajstić information content (AvgIpc) is 2.22. The van der Waals surface area contributed by atoms with Gasteiger partial charge in [-0.3, -0.25) is 0 Å². The van der Waals surface area contributed by atoms with Gasteiger partial charge in [0.2, 0.25) is 0 Å². The van der Waals surface area contributed by atoms with Crippen molar-refractivity contribution < 1.29 is 0 Å². The van der Waals surface area contributed by atoms with Gasteiger partial charge in [-0.1, -0.05) is 20.3 Å². The van der Waals surface area contributed by atoms with Gasteiger partial charge < -0.3 is 10.6 Å². The lowest BCUT2D eigenvalue weighted by Gasteiger charge is -2.40. The van der Waals surface area contributed by atoms with Gasteiger partial charge in [0.05, 0.1) is 6.07 Å². The van der Waals surface area contributed by atoms with Crippen molar-refractivity contribution in [3.63, 3.8) is 0 Å². The largest absolute Gasteiger partial charge is 0.313 e. The van der Waals surface area contributed by atoms with Gasteiger partial charge in [0.15, 0.2) is 0 Å². The number of rotatable bonds is 3. The Bertz CT molecular complexity index is 244. The highest BCUT2D eigenvalue weighted by Gasteiger charge is 2.30. The van der Waals surface area contributed by atoms with Crippen LogP contribution in [0.2, 0.25) is 0 Å². The van der Waals surface area contributed by atoms with Crippen LogP contribution in [-0.2, 0) is 0 Å². The van der Waals surface area contributed by atoms with Crippen LogP contribution in [0, 0.1) is 16.7 Å². The normalized spacial score (nSPS) is 25.5. The van der Waals surface area contributed by atoms with Crippen LogP contribution < -0.4 is 5.73 Å². The Balaban J connectivity index is 2.42. The Labute approximate surface area is 93.2 Å². The summed E-state index contributed by atoms with van der Waals surface area (Å²) >= 11 is 0. The van der Waals surface area contributed by atoms with Crippen LogP contribution in [-0.4, -0.2) is 30.1 Å². The van der Waals surface area contributed by atoms with Crippen LogP contribution in [0.5, 0.6) is 0 Å². The highest BCUT2D eigenvalue weighted by molar-refractivity contribution is 5.03. The maximum atomic E-state index is 8.87. The van der Waals surface area contributed by atoms with E-state index in [2.05, 4.69) is 24.8 Å². The maximum absolute atomic E-state index is 8.87. The van der Waals surface area contributed by atoms with Gasteiger partial charge in [-0.15, -0.1) is 0 Å². The van der Waals surface area contributed by atoms with Crippen LogP contribution in [0.1, 0.15) is 40.0 Å². The van der Waals surface area contributed by atoms with Gasteiger partial charge in [0.25, 0.3) is 0 Å². The molecule has 1 unspecified atom stereocenters. The number of likely N-dealkylation sites (tertiary alicyclic amines) is 1. The van der Waals surface area contributed by atoms with Gasteiger partial charge in [0.1, 0.15) is 5.54 Å². The highest BCUT2D eigenvalue weighted by Crippen LogP contribution is 2.34. The molecule has 1 aliphatic heterocycles. The molecule has 15 heavy (non-hydrogen) atoms. The second-order valence-corrected chi connectivity index (χ2v) is 5.47. The molecule has 1 atom stereocenters. The molecular weight excluding hydrogens is 186 g/mol. The minimum Gasteiger partial charge on any atom is -0.313 e. The molecule has 0 amide bonds. The van der Waals surface area contributed by atoms with Crippen LogP contribution >= 0.6 is 0 Å². The molecule has 0 aromatic carbocycles. The van der Waals surface area contributed by atoms with Crippen molar-refractivity contribution in [2.45, 2.75) is 45.6 Å². The molecule has 0 aliphatic carbocycles. The van der Waals surface area contributed by atoms with E-state index in [0.29, 0.717) is 12.0 Å². The minimum absolute atomic E-state index is 0.508. The lowest BCUT2D eigenvalue weighted by atomic mass is 9.78. The van der Waals surface area contributed by atoms with Gasteiger partial charge in [-0.25, -0.2) is 0 Å². The van der Waals surface area contributed by atoms with Crippen LogP contribution in [0.15, 0.2) is 0 Å². The Morgan fingerprint density at radius 1 is 1.47 bits per heavy atom. The van der Waals surface area contributed by atoms with Crippen LogP contribution in [0.4, 0.5) is 0 Å². The molecule has 1 aliphatic rings. The average molecular weight is 209 g/mol. The molecule has 0 bridgehead atoms. The summed E-state index contributed by atoms with van der Waals surface area (Å²) < 4.78 is 0. The molecule has 0 aromatic heterocycles. The third-order valence-electron chi connectivity index (χ3n) is 3.72. The van der Waals surface area contributed by atoms with Gasteiger partial charge in [0, 0.05) is 6.54 Å². The first-order valence-electron chi connectivity index (χ1n) is 5.83. The van der Waals surface area contributed by atoms with E-state index in [1.807, 2.05) is 0 Å². The summed E-state index contributed by atoms with van der Waals surface area (Å²) in [6.45, 7) is 9.29. The summed E-state index contributed by atoms with van der Waals surface area (Å²) in [7, 11) is 0. The van der Waals surface area contributed by atoms with Crippen LogP contribution in [0.25, 0.3) is 0 Å². The summed E-state index contributed by atoms with van der Waals surface area (Å²) in [5.41, 5.74) is 5.66. The van der Waals surface area contributed by atoms with Crippen LogP contribution in [0.3, 0.4) is 0 Å². The van der Waals surface area contributed by atoms with E-state index in [1.54, 1.807) is 6.92 Å². The quantitative estimate of drug-likeness (QED) is 0.770. The summed E-state index contributed by atoms with van der Waals surface area (Å²) in [4.78, 5) is 2.32. The number of nitrogens with two attached hydrogens (primary N) is 1. The molecule has 1 saturated heterocycles. The van der Waals surface area contributed by atoms with E-state index < -0.39 is 5.54 Å². The number of nitrogens with zero attached hydrogens (tertiary/aromatic N) is 2. The van der Waals surface area contributed by atoms with Crippen molar-refractivity contribution in [2.24, 2.45) is 11.1 Å². The third-order valence-corrected chi connectivity index (χ3v) is 3.72. The molecule has 1 rings (SSSR count). The Morgan fingerprint density at radius 2 is 2.00 bits per heavy atom. The smallest absolute Gasteiger partial charge is 0.114 e. The SMILES string of the molecule is CCC1(C)CCN(CC(C)(N)C#N)CC1. The van der Waals surface area contributed by atoms with E-state index in [4.69, 9.17) is 11.0 Å². The summed E-state index contributed by atoms with van der Waals surface area (Å²) in [5.74, 6) is 0. The van der Waals surface area contributed by atoms with E-state index in [9.17, 15) is 0 Å². The van der Waals surface area contributed by atoms with Crippen molar-refractivity contribution in [1.29, 1.82) is 5.26 Å². The summed E-state index contributed by atoms with van der Waals surface area (Å²) in [6, 6.07) is 2.16. The first kappa shape index (κ1) is 12.5. The Kier molecular flexibility index (Phi) is 3.75. The molecule has 3 heteroatoms. The lowest BCUT2D eigenvalue weighted by molar-refractivity contribution is 0.105. The van der Waals surface area contributed by atoms with E-state index in [-0.39, 0.29) is 0 Å². The topological polar surface area (TPSA) is 53.0 Å². The third kappa shape index (κ3) is 3.48. The zero-order valence-corrected chi connectivity index (χ0v) is 10.2. The molecular formula is C12H23N3. The van der Waals surface area contributed by atoms with Crippen molar-refractivity contribution in [3.05, 3.63) is 0 Å². The van der Waals surface area contributed by atoms with Gasteiger partial charge >= 0.3 is 0 Å². The Hall–Kier alpha value is -0.590. The predicted octanol–water partition coefficient (Wildman–Crippen LogP) is 1.74. The van der Waals surface area contributed by atoms with E-state index >= 15 is 0 Å². The predicted molar refractivity (Wildman–Crippen MR) is 62.3 cm³/mol. The van der Waals surface area contributed by atoms with Gasteiger partial charge in [-0.2, -0.15) is 5.26 Å². The second kappa shape index (κ2) is 4.51. The molecule has 0 saturated carbocycles. The Morgan fingerprint density at radius 3 is 2.40 bits per heavy atom. The monoisotopic (exact) mass is 209 g/mol. The fourth-order valence-corrected chi connectivity index (χ4v) is 2.10. The minimum atomic E-state index is -0.694. The lowest BCUT2D eigenvalue weighted by Crippen LogP contribution is -2.50. The first-order chi connectivity index (χ1) is 6.91. The van der Waals surface area contributed by atoms with Gasteiger partial charge in [-0.05, 0) is 38.3 Å². The fourth-order valence-electron chi connectivity index (χ4n) is 2.10. The summed E-state index contributed by atoms with van der Waals surface area (Å²) in [5, 5.41) is 8.87. The molecule has 1 fully saturated rings.